The summed E-state index contributed by atoms with van der Waals surface area (Å²) in [5.41, 5.74) is 9.60. The second-order valence-corrected chi connectivity index (χ2v) is 5.40. The SMILES string of the molecule is Cc1ccc(N(C)c2ccc(/C(N)=N/O)c(Br)c2)cc1. The average Bonchev–Trinajstić information content (AvgIpc) is 2.46. The van der Waals surface area contributed by atoms with Crippen LogP contribution in [0.3, 0.4) is 0 Å². The molecule has 0 aliphatic rings. The van der Waals surface area contributed by atoms with Crippen LogP contribution in [0.1, 0.15) is 11.1 Å². The predicted octanol–water partition coefficient (Wildman–Crippen LogP) is 3.62. The number of anilines is 2. The number of hydrogen-bond acceptors (Lipinski definition) is 3. The molecule has 0 atom stereocenters. The Morgan fingerprint density at radius 3 is 2.30 bits per heavy atom. The molecule has 0 amide bonds. The van der Waals surface area contributed by atoms with E-state index < -0.39 is 0 Å². The molecule has 0 heterocycles. The van der Waals surface area contributed by atoms with Crippen LogP contribution < -0.4 is 10.6 Å². The van der Waals surface area contributed by atoms with Gasteiger partial charge in [0.1, 0.15) is 0 Å². The number of nitrogens with two attached hydrogens (primary N) is 1. The van der Waals surface area contributed by atoms with E-state index in [0.717, 1.165) is 15.8 Å². The number of aryl methyl sites for hydroxylation is 1. The fourth-order valence-electron chi connectivity index (χ4n) is 1.89. The fourth-order valence-corrected chi connectivity index (χ4v) is 2.46. The molecule has 0 fully saturated rings. The summed E-state index contributed by atoms with van der Waals surface area (Å²) >= 11 is 3.44. The molecule has 4 nitrogen and oxygen atoms in total. The first-order valence-electron chi connectivity index (χ1n) is 6.11. The Kier molecular flexibility index (Phi) is 4.29. The largest absolute Gasteiger partial charge is 0.409 e. The van der Waals surface area contributed by atoms with E-state index in [2.05, 4.69) is 57.2 Å². The van der Waals surface area contributed by atoms with Crippen molar-refractivity contribution in [2.45, 2.75) is 6.92 Å². The van der Waals surface area contributed by atoms with Crippen molar-refractivity contribution in [1.29, 1.82) is 0 Å². The third-order valence-corrected chi connectivity index (χ3v) is 3.80. The van der Waals surface area contributed by atoms with Crippen molar-refractivity contribution in [3.8, 4) is 0 Å². The molecule has 0 unspecified atom stereocenters. The van der Waals surface area contributed by atoms with Gasteiger partial charge in [-0.3, -0.25) is 0 Å². The van der Waals surface area contributed by atoms with Crippen LogP contribution in [0.2, 0.25) is 0 Å². The molecule has 0 radical (unpaired) electrons. The van der Waals surface area contributed by atoms with Crippen molar-refractivity contribution in [2.24, 2.45) is 10.9 Å². The number of benzene rings is 2. The van der Waals surface area contributed by atoms with Crippen molar-refractivity contribution in [2.75, 3.05) is 11.9 Å². The van der Waals surface area contributed by atoms with Crippen molar-refractivity contribution < 1.29 is 5.21 Å². The smallest absolute Gasteiger partial charge is 0.171 e. The number of amidine groups is 1. The Morgan fingerprint density at radius 1 is 1.15 bits per heavy atom. The normalized spacial score (nSPS) is 11.4. The minimum atomic E-state index is 0.0846. The maximum Gasteiger partial charge on any atom is 0.171 e. The van der Waals surface area contributed by atoms with E-state index in [9.17, 15) is 0 Å². The summed E-state index contributed by atoms with van der Waals surface area (Å²) in [6.07, 6.45) is 0. The first-order chi connectivity index (χ1) is 9.52. The number of rotatable bonds is 3. The molecule has 2 rings (SSSR count). The zero-order valence-electron chi connectivity index (χ0n) is 11.3. The Hall–Kier alpha value is -2.01. The van der Waals surface area contributed by atoms with Gasteiger partial charge in [-0.25, -0.2) is 0 Å². The van der Waals surface area contributed by atoms with Crippen LogP contribution in [-0.2, 0) is 0 Å². The second-order valence-electron chi connectivity index (χ2n) is 4.54. The van der Waals surface area contributed by atoms with Crippen molar-refractivity contribution >= 4 is 33.1 Å². The van der Waals surface area contributed by atoms with E-state index in [1.54, 1.807) is 0 Å². The van der Waals surface area contributed by atoms with Crippen LogP contribution >= 0.6 is 15.9 Å². The summed E-state index contributed by atoms with van der Waals surface area (Å²) in [7, 11) is 2.00. The maximum atomic E-state index is 8.73. The Labute approximate surface area is 126 Å². The number of nitrogens with zero attached hydrogens (tertiary/aromatic N) is 2. The lowest BCUT2D eigenvalue weighted by Gasteiger charge is -2.20. The van der Waals surface area contributed by atoms with Crippen LogP contribution in [-0.4, -0.2) is 18.1 Å². The molecule has 2 aromatic carbocycles. The van der Waals surface area contributed by atoms with Gasteiger partial charge in [-0.1, -0.05) is 22.9 Å². The highest BCUT2D eigenvalue weighted by Gasteiger charge is 2.09. The van der Waals surface area contributed by atoms with Gasteiger partial charge >= 0.3 is 0 Å². The molecule has 20 heavy (non-hydrogen) atoms. The molecule has 0 spiro atoms. The van der Waals surface area contributed by atoms with E-state index in [4.69, 9.17) is 10.9 Å². The summed E-state index contributed by atoms with van der Waals surface area (Å²) in [6, 6.07) is 14.0. The molecule has 3 N–H and O–H groups in total. The summed E-state index contributed by atoms with van der Waals surface area (Å²) in [4.78, 5) is 2.07. The monoisotopic (exact) mass is 333 g/mol. The van der Waals surface area contributed by atoms with Gasteiger partial charge in [-0.05, 0) is 53.2 Å². The lowest BCUT2D eigenvalue weighted by Crippen LogP contribution is -2.15. The predicted molar refractivity (Wildman–Crippen MR) is 85.9 cm³/mol. The first-order valence-corrected chi connectivity index (χ1v) is 6.90. The first kappa shape index (κ1) is 14.4. The highest BCUT2D eigenvalue weighted by Crippen LogP contribution is 2.28. The van der Waals surface area contributed by atoms with Crippen LogP contribution in [0.25, 0.3) is 0 Å². The molecule has 0 aliphatic carbocycles. The van der Waals surface area contributed by atoms with Gasteiger partial charge in [0.05, 0.1) is 0 Å². The van der Waals surface area contributed by atoms with Gasteiger partial charge in [0.15, 0.2) is 5.84 Å². The quantitative estimate of drug-likeness (QED) is 0.390. The van der Waals surface area contributed by atoms with Crippen molar-refractivity contribution in [3.05, 3.63) is 58.1 Å². The minimum Gasteiger partial charge on any atom is -0.409 e. The second kappa shape index (κ2) is 5.96. The van der Waals surface area contributed by atoms with Gasteiger partial charge in [-0.15, -0.1) is 0 Å². The molecule has 5 heteroatoms. The van der Waals surface area contributed by atoms with E-state index in [-0.39, 0.29) is 5.84 Å². The molecule has 0 aromatic heterocycles. The van der Waals surface area contributed by atoms with Gasteiger partial charge < -0.3 is 15.8 Å². The molecule has 104 valence electrons. The third kappa shape index (κ3) is 2.93. The summed E-state index contributed by atoms with van der Waals surface area (Å²) in [6.45, 7) is 2.06. The van der Waals surface area contributed by atoms with Crippen molar-refractivity contribution in [3.63, 3.8) is 0 Å². The van der Waals surface area contributed by atoms with Gasteiger partial charge in [0, 0.05) is 28.5 Å². The summed E-state index contributed by atoms with van der Waals surface area (Å²) in [5, 5.41) is 11.7. The van der Waals surface area contributed by atoms with Gasteiger partial charge in [0.25, 0.3) is 0 Å². The minimum absolute atomic E-state index is 0.0846. The number of oxime groups is 1. The summed E-state index contributed by atoms with van der Waals surface area (Å²) < 4.78 is 0.782. The number of halogens is 1. The van der Waals surface area contributed by atoms with E-state index in [1.807, 2.05) is 25.2 Å². The lowest BCUT2D eigenvalue weighted by molar-refractivity contribution is 0.318. The molecule has 2 aromatic rings. The lowest BCUT2D eigenvalue weighted by atomic mass is 10.1. The molecule has 0 saturated carbocycles. The van der Waals surface area contributed by atoms with Crippen LogP contribution in [0, 0.1) is 6.92 Å². The average molecular weight is 334 g/mol. The number of hydrogen-bond donors (Lipinski definition) is 2. The molecular formula is C15H16BrN3O. The molecule has 0 aliphatic heterocycles. The third-order valence-electron chi connectivity index (χ3n) is 3.14. The molecule has 0 bridgehead atoms. The van der Waals surface area contributed by atoms with E-state index in [1.165, 1.54) is 5.56 Å². The van der Waals surface area contributed by atoms with Crippen LogP contribution in [0.15, 0.2) is 52.1 Å². The van der Waals surface area contributed by atoms with Crippen LogP contribution in [0.5, 0.6) is 0 Å². The zero-order valence-corrected chi connectivity index (χ0v) is 12.9. The molecular weight excluding hydrogens is 318 g/mol. The highest BCUT2D eigenvalue weighted by molar-refractivity contribution is 9.10. The Morgan fingerprint density at radius 2 is 1.75 bits per heavy atom. The van der Waals surface area contributed by atoms with E-state index >= 15 is 0 Å². The van der Waals surface area contributed by atoms with Gasteiger partial charge in [-0.2, -0.15) is 0 Å². The summed E-state index contributed by atoms with van der Waals surface area (Å²) in [5.74, 6) is 0.0846. The fraction of sp³-hybridized carbons (Fsp3) is 0.133. The topological polar surface area (TPSA) is 61.8 Å². The zero-order chi connectivity index (χ0) is 14.7. The van der Waals surface area contributed by atoms with Gasteiger partial charge in [0.2, 0.25) is 0 Å². The highest BCUT2D eigenvalue weighted by atomic mass is 79.9. The Balaban J connectivity index is 2.34. The van der Waals surface area contributed by atoms with E-state index in [0.29, 0.717) is 5.56 Å². The standard InChI is InChI=1S/C15H16BrN3O/c1-10-3-5-11(6-4-10)19(2)12-7-8-13(14(16)9-12)15(17)18-20/h3-9,20H,1-2H3,(H2,17,18). The Bertz CT molecular complexity index is 638. The van der Waals surface area contributed by atoms with Crippen molar-refractivity contribution in [1.82, 2.24) is 0 Å². The molecule has 0 saturated heterocycles. The maximum absolute atomic E-state index is 8.73. The van der Waals surface area contributed by atoms with Crippen LogP contribution in [0.4, 0.5) is 11.4 Å².